The molecule has 0 saturated carbocycles. The quantitative estimate of drug-likeness (QED) is 0.0701. The summed E-state index contributed by atoms with van der Waals surface area (Å²) < 4.78 is 36.7. The molecule has 19 heteroatoms. The number of benzene rings is 2. The molecule has 5 N–H and O–H groups in total. The molecule has 0 aliphatic heterocycles. The summed E-state index contributed by atoms with van der Waals surface area (Å²) in [6.07, 6.45) is 6.39. The Morgan fingerprint density at radius 2 is 1.25 bits per heavy atom. The van der Waals surface area contributed by atoms with Crippen LogP contribution in [0.3, 0.4) is 0 Å². The summed E-state index contributed by atoms with van der Waals surface area (Å²) in [5.41, 5.74) is 1.06. The molecule has 5 aromatic rings. The van der Waals surface area contributed by atoms with Crippen molar-refractivity contribution in [1.29, 1.82) is 0 Å². The van der Waals surface area contributed by atoms with Crippen molar-refractivity contribution in [1.82, 2.24) is 26.0 Å². The lowest BCUT2D eigenvalue weighted by atomic mass is 10.2. The van der Waals surface area contributed by atoms with Crippen LogP contribution in [0.5, 0.6) is 0 Å². The van der Waals surface area contributed by atoms with Gasteiger partial charge in [-0.25, -0.2) is 8.78 Å². The van der Waals surface area contributed by atoms with Gasteiger partial charge in [-0.15, -0.1) is 6.42 Å². The van der Waals surface area contributed by atoms with Crippen molar-refractivity contribution in [3.05, 3.63) is 116 Å². The van der Waals surface area contributed by atoms with Crippen LogP contribution in [-0.2, 0) is 16.1 Å². The average Bonchev–Trinajstić information content (AvgIpc) is 3.89. The van der Waals surface area contributed by atoms with Crippen molar-refractivity contribution in [3.63, 3.8) is 0 Å². The SMILES string of the molecule is C#CCNC(=O)C(=O)c1cc(C(=O)Nc2ccc(F)c(Cl)c2)c(C)o1.Cc1oc(C(=O)C(=O)NCc2cn[nH]n2)cc1C(=O)Nc1ccc(F)c(Cl)c1. The topological polar surface area (TPSA) is 218 Å². The largest absolute Gasteiger partial charge is 0.457 e. The number of H-pyrrole nitrogens is 1. The van der Waals surface area contributed by atoms with E-state index < -0.39 is 46.8 Å². The third-order valence-electron chi connectivity index (χ3n) is 6.79. The van der Waals surface area contributed by atoms with E-state index in [2.05, 4.69) is 42.6 Å². The lowest BCUT2D eigenvalue weighted by Crippen LogP contribution is -2.31. The van der Waals surface area contributed by atoms with Crippen LogP contribution in [0.2, 0.25) is 10.0 Å². The van der Waals surface area contributed by atoms with Crippen LogP contribution in [0.15, 0.2) is 63.6 Å². The van der Waals surface area contributed by atoms with Gasteiger partial charge in [0.25, 0.3) is 35.2 Å². The number of aromatic amines is 1. The van der Waals surface area contributed by atoms with Gasteiger partial charge in [0.1, 0.15) is 28.8 Å². The second-order valence-corrected chi connectivity index (χ2v) is 11.3. The van der Waals surface area contributed by atoms with E-state index in [4.69, 9.17) is 38.5 Å². The maximum atomic E-state index is 13.2. The highest BCUT2D eigenvalue weighted by atomic mass is 35.5. The number of terminal acetylenes is 1. The molecular formula is C34H25Cl2F2N7O8. The Kier molecular flexibility index (Phi) is 12.9. The summed E-state index contributed by atoms with van der Waals surface area (Å²) in [4.78, 5) is 72.3. The van der Waals surface area contributed by atoms with Crippen molar-refractivity contribution >= 4 is 69.8 Å². The number of Topliss-reactive ketones (excluding diaryl/α,β-unsaturated/α-hetero) is 2. The third-order valence-corrected chi connectivity index (χ3v) is 7.37. The maximum absolute atomic E-state index is 13.2. The molecule has 0 atom stereocenters. The predicted octanol–water partition coefficient (Wildman–Crippen LogP) is 4.81. The van der Waals surface area contributed by atoms with Gasteiger partial charge in [-0.05, 0) is 50.2 Å². The number of hydrogen-bond acceptors (Lipinski definition) is 10. The van der Waals surface area contributed by atoms with Crippen LogP contribution in [0.25, 0.3) is 0 Å². The monoisotopic (exact) mass is 767 g/mol. The Morgan fingerprint density at radius 1 is 0.774 bits per heavy atom. The fourth-order valence-corrected chi connectivity index (χ4v) is 4.54. The molecule has 0 spiro atoms. The van der Waals surface area contributed by atoms with Gasteiger partial charge in [-0.2, -0.15) is 15.4 Å². The molecular weight excluding hydrogens is 743 g/mol. The number of amides is 4. The normalized spacial score (nSPS) is 10.3. The molecule has 272 valence electrons. The van der Waals surface area contributed by atoms with Crippen molar-refractivity contribution in [3.8, 4) is 12.3 Å². The number of aryl methyl sites for hydroxylation is 2. The molecule has 0 bridgehead atoms. The molecule has 5 rings (SSSR count). The minimum absolute atomic E-state index is 0.000562. The van der Waals surface area contributed by atoms with Gasteiger partial charge in [-0.1, -0.05) is 29.1 Å². The van der Waals surface area contributed by atoms with Gasteiger partial charge in [0.2, 0.25) is 0 Å². The van der Waals surface area contributed by atoms with E-state index in [0.29, 0.717) is 5.69 Å². The molecule has 0 saturated heterocycles. The van der Waals surface area contributed by atoms with E-state index in [1.54, 1.807) is 0 Å². The Morgan fingerprint density at radius 3 is 1.66 bits per heavy atom. The number of anilines is 2. The number of carbonyl (C=O) groups excluding carboxylic acids is 6. The Balaban J connectivity index is 0.000000238. The van der Waals surface area contributed by atoms with Crippen LogP contribution in [-0.4, -0.2) is 57.2 Å². The molecule has 3 aromatic heterocycles. The lowest BCUT2D eigenvalue weighted by Gasteiger charge is -2.05. The fraction of sp³-hybridized carbons (Fsp3) is 0.118. The average molecular weight is 769 g/mol. The predicted molar refractivity (Wildman–Crippen MR) is 184 cm³/mol. The zero-order chi connectivity index (χ0) is 38.8. The van der Waals surface area contributed by atoms with E-state index in [1.807, 2.05) is 0 Å². The highest BCUT2D eigenvalue weighted by molar-refractivity contribution is 6.42. The number of ketones is 2. The zero-order valence-electron chi connectivity index (χ0n) is 27.4. The first-order valence-corrected chi connectivity index (χ1v) is 15.6. The number of rotatable bonds is 11. The molecule has 15 nitrogen and oxygen atoms in total. The second-order valence-electron chi connectivity index (χ2n) is 10.5. The number of aromatic nitrogens is 3. The standard InChI is InChI=1S/C17H13ClFN5O4.C17H12ClFN2O4/c1-8-11(16(26)22-9-2-3-13(19)12(18)4-9)5-14(28-8)15(25)17(27)20-6-10-7-21-24-23-10;1-3-6-20-17(24)15(22)14-8-11(9(2)25-14)16(23)21-10-4-5-13(19)12(18)7-10/h2-5,7H,6H2,1H3,(H,20,27)(H,22,26)(H,21,23,24);1,4-5,7-8H,6H2,2H3,(H,20,24)(H,21,23). The first-order chi connectivity index (χ1) is 25.2. The highest BCUT2D eigenvalue weighted by Gasteiger charge is 2.25. The molecule has 2 aromatic carbocycles. The van der Waals surface area contributed by atoms with Crippen LogP contribution in [0.1, 0.15) is 59.0 Å². The lowest BCUT2D eigenvalue weighted by molar-refractivity contribution is -0.117. The molecule has 3 heterocycles. The third kappa shape index (κ3) is 10.2. The summed E-state index contributed by atoms with van der Waals surface area (Å²) in [6, 6.07) is 9.66. The van der Waals surface area contributed by atoms with Crippen molar-refractivity contribution < 1.29 is 46.4 Å². The summed E-state index contributed by atoms with van der Waals surface area (Å²) in [7, 11) is 0. The van der Waals surface area contributed by atoms with E-state index in [9.17, 15) is 37.5 Å². The van der Waals surface area contributed by atoms with Crippen LogP contribution >= 0.6 is 23.2 Å². The minimum atomic E-state index is -0.956. The smallest absolute Gasteiger partial charge is 0.296 e. The molecule has 0 aliphatic rings. The molecule has 0 fully saturated rings. The first-order valence-electron chi connectivity index (χ1n) is 14.8. The van der Waals surface area contributed by atoms with Crippen molar-refractivity contribution in [2.24, 2.45) is 0 Å². The summed E-state index contributed by atoms with van der Waals surface area (Å²) in [6.45, 7) is 2.82. The summed E-state index contributed by atoms with van der Waals surface area (Å²) >= 11 is 11.3. The fourth-order valence-electron chi connectivity index (χ4n) is 4.18. The highest BCUT2D eigenvalue weighted by Crippen LogP contribution is 2.23. The van der Waals surface area contributed by atoms with E-state index in [-0.39, 0.29) is 68.7 Å². The number of hydrogen-bond donors (Lipinski definition) is 5. The Bertz CT molecular complexity index is 2260. The second kappa shape index (κ2) is 17.5. The van der Waals surface area contributed by atoms with Gasteiger partial charge < -0.3 is 30.1 Å². The molecule has 53 heavy (non-hydrogen) atoms. The number of nitrogens with zero attached hydrogens (tertiary/aromatic N) is 2. The van der Waals surface area contributed by atoms with Crippen LogP contribution < -0.4 is 21.3 Å². The minimum Gasteiger partial charge on any atom is -0.457 e. The number of halogens is 4. The summed E-state index contributed by atoms with van der Waals surface area (Å²) in [5.74, 6) is -4.38. The molecule has 0 aliphatic carbocycles. The van der Waals surface area contributed by atoms with Gasteiger partial charge in [0.05, 0.1) is 40.5 Å². The van der Waals surface area contributed by atoms with E-state index in [1.165, 1.54) is 44.3 Å². The van der Waals surface area contributed by atoms with E-state index >= 15 is 0 Å². The molecule has 0 unspecified atom stereocenters. The maximum Gasteiger partial charge on any atom is 0.296 e. The Labute approximate surface area is 307 Å². The Hall–Kier alpha value is -6.64. The van der Waals surface area contributed by atoms with Gasteiger partial charge in [-0.3, -0.25) is 28.8 Å². The van der Waals surface area contributed by atoms with Crippen molar-refractivity contribution in [2.75, 3.05) is 17.2 Å². The number of nitrogens with one attached hydrogen (secondary N) is 5. The van der Waals surface area contributed by atoms with Gasteiger partial charge in [0, 0.05) is 23.5 Å². The van der Waals surface area contributed by atoms with Gasteiger partial charge >= 0.3 is 0 Å². The van der Waals surface area contributed by atoms with Crippen LogP contribution in [0.4, 0.5) is 20.2 Å². The zero-order valence-corrected chi connectivity index (χ0v) is 28.9. The first kappa shape index (κ1) is 39.2. The van der Waals surface area contributed by atoms with Crippen molar-refractivity contribution in [2.45, 2.75) is 20.4 Å². The molecule has 0 radical (unpaired) electrons. The molecule has 4 amide bonds. The number of carbonyl (C=O) groups is 6. The van der Waals surface area contributed by atoms with Crippen LogP contribution in [0, 0.1) is 37.8 Å². The summed E-state index contributed by atoms with van der Waals surface area (Å²) in [5, 5.41) is 19.0. The van der Waals surface area contributed by atoms with E-state index in [0.717, 1.165) is 24.3 Å². The van der Waals surface area contributed by atoms with Gasteiger partial charge in [0.15, 0.2) is 11.5 Å². The number of furan rings is 2.